The Morgan fingerprint density at radius 3 is 2.86 bits per heavy atom. The molecule has 1 aromatic rings. The normalized spacial score (nSPS) is 18.1. The van der Waals surface area contributed by atoms with Crippen LogP contribution in [0.1, 0.15) is 18.9 Å². The minimum Gasteiger partial charge on any atom is -0.391 e. The molecule has 2 heteroatoms. The molecule has 0 amide bonds. The van der Waals surface area contributed by atoms with E-state index in [-0.39, 0.29) is 0 Å². The summed E-state index contributed by atoms with van der Waals surface area (Å²) in [4.78, 5) is 5.05. The molecule has 0 spiro atoms. The topological polar surface area (TPSA) is 21.6 Å². The molecule has 1 heterocycles. The molecule has 0 aromatic heterocycles. The third-order valence-corrected chi connectivity index (χ3v) is 2.24. The monoisotopic (exact) mass is 187 g/mol. The zero-order valence-electron chi connectivity index (χ0n) is 8.23. The van der Waals surface area contributed by atoms with Gasteiger partial charge in [-0.1, -0.05) is 42.4 Å². The lowest BCUT2D eigenvalue weighted by Gasteiger charge is -1.97. The quantitative estimate of drug-likeness (QED) is 0.697. The predicted octanol–water partition coefficient (Wildman–Crippen LogP) is 2.87. The summed E-state index contributed by atoms with van der Waals surface area (Å²) in [6.07, 6.45) is 3.06. The van der Waals surface area contributed by atoms with Crippen molar-refractivity contribution in [1.82, 2.24) is 0 Å². The molecular formula is C12H13NO. The smallest absolute Gasteiger partial charge is 0.144 e. The third kappa shape index (κ3) is 1.84. The molecule has 1 aliphatic heterocycles. The van der Waals surface area contributed by atoms with Gasteiger partial charge in [0.05, 0.1) is 5.71 Å². The minimum atomic E-state index is 0.609. The molecule has 0 bridgehead atoms. The highest BCUT2D eigenvalue weighted by atomic mass is 16.6. The zero-order valence-corrected chi connectivity index (χ0v) is 8.23. The highest BCUT2D eigenvalue weighted by Gasteiger charge is 2.12. The van der Waals surface area contributed by atoms with Gasteiger partial charge in [-0.3, -0.25) is 0 Å². The number of hydrogen-bond acceptors (Lipinski definition) is 2. The van der Waals surface area contributed by atoms with Crippen molar-refractivity contribution in [3.05, 3.63) is 41.5 Å². The molecule has 0 radical (unpaired) electrons. The average Bonchev–Trinajstić information content (AvgIpc) is 2.67. The molecule has 2 nitrogen and oxygen atoms in total. The summed E-state index contributed by atoms with van der Waals surface area (Å²) in [6.45, 7) is 2.70. The third-order valence-electron chi connectivity index (χ3n) is 2.24. The number of nitrogens with zero attached hydrogens (tertiary/aromatic N) is 1. The van der Waals surface area contributed by atoms with Crippen molar-refractivity contribution < 1.29 is 4.84 Å². The molecular weight excluding hydrogens is 174 g/mol. The summed E-state index contributed by atoms with van der Waals surface area (Å²) >= 11 is 0. The van der Waals surface area contributed by atoms with Crippen molar-refractivity contribution in [2.45, 2.75) is 13.3 Å². The average molecular weight is 187 g/mol. The fourth-order valence-electron chi connectivity index (χ4n) is 1.49. The van der Waals surface area contributed by atoms with Gasteiger partial charge in [-0.2, -0.15) is 0 Å². The van der Waals surface area contributed by atoms with Gasteiger partial charge in [0.2, 0.25) is 0 Å². The second-order valence-electron chi connectivity index (χ2n) is 3.25. The van der Waals surface area contributed by atoms with Crippen molar-refractivity contribution in [1.29, 1.82) is 0 Å². The van der Waals surface area contributed by atoms with Crippen LogP contribution in [0.4, 0.5) is 0 Å². The zero-order chi connectivity index (χ0) is 9.80. The first-order valence-corrected chi connectivity index (χ1v) is 4.85. The first-order valence-electron chi connectivity index (χ1n) is 4.85. The van der Waals surface area contributed by atoms with Gasteiger partial charge in [-0.15, -0.1) is 0 Å². The van der Waals surface area contributed by atoms with Crippen LogP contribution in [0.5, 0.6) is 0 Å². The van der Waals surface area contributed by atoms with Gasteiger partial charge in [0.1, 0.15) is 6.61 Å². The van der Waals surface area contributed by atoms with E-state index in [0.29, 0.717) is 6.61 Å². The Hall–Kier alpha value is -1.57. The number of rotatable bonds is 2. The highest BCUT2D eigenvalue weighted by molar-refractivity contribution is 6.04. The standard InChI is InChI=1S/C12H13NO/c1-2-12-11(9-14-13-12)8-10-6-4-3-5-7-10/h3-8H,2,9H2,1H3/b11-8-. The van der Waals surface area contributed by atoms with Crippen molar-refractivity contribution in [3.8, 4) is 0 Å². The van der Waals surface area contributed by atoms with Crippen LogP contribution in [0, 0.1) is 0 Å². The molecule has 1 aliphatic rings. The summed E-state index contributed by atoms with van der Waals surface area (Å²) in [5, 5.41) is 3.98. The summed E-state index contributed by atoms with van der Waals surface area (Å²) in [7, 11) is 0. The van der Waals surface area contributed by atoms with Gasteiger partial charge >= 0.3 is 0 Å². The minimum absolute atomic E-state index is 0.609. The summed E-state index contributed by atoms with van der Waals surface area (Å²) in [5.74, 6) is 0. The number of oxime groups is 1. The van der Waals surface area contributed by atoms with Crippen LogP contribution in [0.2, 0.25) is 0 Å². The summed E-state index contributed by atoms with van der Waals surface area (Å²) in [5.41, 5.74) is 3.46. The molecule has 0 atom stereocenters. The Morgan fingerprint density at radius 1 is 1.36 bits per heavy atom. The molecule has 0 N–H and O–H groups in total. The molecule has 1 aromatic carbocycles. The molecule has 0 fully saturated rings. The van der Waals surface area contributed by atoms with E-state index in [1.54, 1.807) is 0 Å². The van der Waals surface area contributed by atoms with E-state index in [9.17, 15) is 0 Å². The van der Waals surface area contributed by atoms with Crippen LogP contribution in [-0.4, -0.2) is 12.3 Å². The van der Waals surface area contributed by atoms with Crippen LogP contribution < -0.4 is 0 Å². The Morgan fingerprint density at radius 2 is 2.14 bits per heavy atom. The Labute approximate surface area is 83.9 Å². The lowest BCUT2D eigenvalue weighted by Crippen LogP contribution is -1.97. The fourth-order valence-corrected chi connectivity index (χ4v) is 1.49. The second kappa shape index (κ2) is 4.09. The summed E-state index contributed by atoms with van der Waals surface area (Å²) < 4.78 is 0. The van der Waals surface area contributed by atoms with Crippen molar-refractivity contribution in [2.24, 2.45) is 5.16 Å². The Kier molecular flexibility index (Phi) is 2.63. The van der Waals surface area contributed by atoms with Crippen LogP contribution >= 0.6 is 0 Å². The van der Waals surface area contributed by atoms with Crippen LogP contribution in [-0.2, 0) is 4.84 Å². The van der Waals surface area contributed by atoms with Gasteiger partial charge in [0, 0.05) is 5.57 Å². The fraction of sp³-hybridized carbons (Fsp3) is 0.250. The Balaban J connectivity index is 2.23. The molecule has 2 rings (SSSR count). The van der Waals surface area contributed by atoms with Crippen molar-refractivity contribution >= 4 is 11.8 Å². The maximum Gasteiger partial charge on any atom is 0.144 e. The van der Waals surface area contributed by atoms with E-state index in [1.165, 1.54) is 11.1 Å². The molecule has 14 heavy (non-hydrogen) atoms. The van der Waals surface area contributed by atoms with E-state index in [2.05, 4.69) is 30.3 Å². The SMILES string of the molecule is CCC1=NOC/C1=C/c1ccccc1. The van der Waals surface area contributed by atoms with Gasteiger partial charge in [-0.25, -0.2) is 0 Å². The van der Waals surface area contributed by atoms with Crippen molar-refractivity contribution in [2.75, 3.05) is 6.61 Å². The second-order valence-corrected chi connectivity index (χ2v) is 3.25. The first kappa shape index (κ1) is 9.00. The predicted molar refractivity (Wildman–Crippen MR) is 58.1 cm³/mol. The van der Waals surface area contributed by atoms with Crippen LogP contribution in [0.25, 0.3) is 6.08 Å². The van der Waals surface area contributed by atoms with Gasteiger partial charge in [0.15, 0.2) is 0 Å². The Bertz CT molecular complexity index is 365. The number of hydrogen-bond donors (Lipinski definition) is 0. The largest absolute Gasteiger partial charge is 0.391 e. The maximum atomic E-state index is 5.05. The highest BCUT2D eigenvalue weighted by Crippen LogP contribution is 2.15. The molecule has 0 unspecified atom stereocenters. The van der Waals surface area contributed by atoms with Gasteiger partial charge in [-0.05, 0) is 18.1 Å². The lowest BCUT2D eigenvalue weighted by atomic mass is 10.1. The van der Waals surface area contributed by atoms with Crippen LogP contribution in [0.15, 0.2) is 41.1 Å². The van der Waals surface area contributed by atoms with Crippen molar-refractivity contribution in [3.63, 3.8) is 0 Å². The van der Waals surface area contributed by atoms with E-state index in [1.807, 2.05) is 18.2 Å². The van der Waals surface area contributed by atoms with E-state index >= 15 is 0 Å². The van der Waals surface area contributed by atoms with E-state index in [0.717, 1.165) is 12.1 Å². The molecule has 0 saturated heterocycles. The van der Waals surface area contributed by atoms with E-state index < -0.39 is 0 Å². The first-order chi connectivity index (χ1) is 6.90. The summed E-state index contributed by atoms with van der Waals surface area (Å²) in [6, 6.07) is 10.2. The molecule has 0 aliphatic carbocycles. The van der Waals surface area contributed by atoms with Gasteiger partial charge < -0.3 is 4.84 Å². The molecule has 72 valence electrons. The lowest BCUT2D eigenvalue weighted by molar-refractivity contribution is 0.187. The van der Waals surface area contributed by atoms with Gasteiger partial charge in [0.25, 0.3) is 0 Å². The van der Waals surface area contributed by atoms with Crippen LogP contribution in [0.3, 0.4) is 0 Å². The maximum absolute atomic E-state index is 5.05. The molecule has 0 saturated carbocycles. The number of benzene rings is 1. The van der Waals surface area contributed by atoms with E-state index in [4.69, 9.17) is 4.84 Å².